The fourth-order valence-corrected chi connectivity index (χ4v) is 4.21. The Morgan fingerprint density at radius 2 is 2.30 bits per heavy atom. The van der Waals surface area contributed by atoms with Gasteiger partial charge in [-0.3, -0.25) is 9.30 Å². The predicted molar refractivity (Wildman–Crippen MR) is 84.5 cm³/mol. The minimum Gasteiger partial charge on any atom is -0.310 e. The molecular weight excluding hydrogens is 268 g/mol. The van der Waals surface area contributed by atoms with Crippen LogP contribution in [0.5, 0.6) is 0 Å². The van der Waals surface area contributed by atoms with Crippen molar-refractivity contribution in [2.75, 3.05) is 19.6 Å². The Kier molecular flexibility index (Phi) is 4.10. The number of hydrogen-bond donors (Lipinski definition) is 1. The van der Waals surface area contributed by atoms with Gasteiger partial charge in [-0.1, -0.05) is 6.92 Å². The highest BCUT2D eigenvalue weighted by atomic mass is 32.1. The molecule has 2 aromatic rings. The zero-order chi connectivity index (χ0) is 14.1. The van der Waals surface area contributed by atoms with E-state index in [4.69, 9.17) is 0 Å². The molecule has 1 aliphatic rings. The van der Waals surface area contributed by atoms with Gasteiger partial charge >= 0.3 is 0 Å². The number of rotatable bonds is 5. The van der Waals surface area contributed by atoms with Crippen LogP contribution in [0.25, 0.3) is 4.96 Å². The molecule has 0 spiro atoms. The Morgan fingerprint density at radius 1 is 1.45 bits per heavy atom. The number of hydrogen-bond acceptors (Lipinski definition) is 4. The van der Waals surface area contributed by atoms with Crippen LogP contribution in [-0.2, 0) is 6.54 Å². The highest BCUT2D eigenvalue weighted by Gasteiger charge is 2.22. The number of imidazole rings is 1. The lowest BCUT2D eigenvalue weighted by Crippen LogP contribution is -2.37. The minimum absolute atomic E-state index is 0.715. The van der Waals surface area contributed by atoms with E-state index in [9.17, 15) is 0 Å². The molecule has 5 heteroatoms. The topological polar surface area (TPSA) is 32.6 Å². The molecule has 110 valence electrons. The third-order valence-electron chi connectivity index (χ3n) is 4.41. The summed E-state index contributed by atoms with van der Waals surface area (Å²) in [6, 6.07) is 0.715. The molecule has 1 aliphatic heterocycles. The van der Waals surface area contributed by atoms with Crippen LogP contribution in [0.1, 0.15) is 36.8 Å². The first-order valence-electron chi connectivity index (χ1n) is 7.57. The standard InChI is InChI=1S/C15H24N4S/c1-4-18-7-5-6-13(18)8-16-9-14-12(3)17-15-19(14)11(2)10-20-15/h10,13,16H,4-9H2,1-3H3. The maximum absolute atomic E-state index is 4.65. The summed E-state index contributed by atoms with van der Waals surface area (Å²) in [5.74, 6) is 0. The second-order valence-corrected chi connectivity index (χ2v) is 6.53. The zero-order valence-electron chi connectivity index (χ0n) is 12.6. The van der Waals surface area contributed by atoms with Gasteiger partial charge in [0.25, 0.3) is 0 Å². The summed E-state index contributed by atoms with van der Waals surface area (Å²) >= 11 is 1.73. The summed E-state index contributed by atoms with van der Waals surface area (Å²) in [6.45, 7) is 11.0. The third kappa shape index (κ3) is 2.50. The van der Waals surface area contributed by atoms with E-state index in [1.807, 2.05) is 0 Å². The lowest BCUT2D eigenvalue weighted by Gasteiger charge is -2.23. The summed E-state index contributed by atoms with van der Waals surface area (Å²) in [7, 11) is 0. The van der Waals surface area contributed by atoms with E-state index in [0.29, 0.717) is 6.04 Å². The van der Waals surface area contributed by atoms with Gasteiger partial charge in [-0.25, -0.2) is 4.98 Å². The molecule has 1 saturated heterocycles. The first-order chi connectivity index (χ1) is 9.70. The molecule has 0 amide bonds. The fourth-order valence-electron chi connectivity index (χ4n) is 3.28. The van der Waals surface area contributed by atoms with E-state index in [0.717, 1.165) is 23.7 Å². The molecular formula is C15H24N4S. The lowest BCUT2D eigenvalue weighted by atomic mass is 10.2. The monoisotopic (exact) mass is 292 g/mol. The summed E-state index contributed by atoms with van der Waals surface area (Å²) in [4.78, 5) is 8.35. The summed E-state index contributed by atoms with van der Waals surface area (Å²) in [5.41, 5.74) is 3.77. The van der Waals surface area contributed by atoms with E-state index < -0.39 is 0 Å². The van der Waals surface area contributed by atoms with Gasteiger partial charge in [0, 0.05) is 30.2 Å². The van der Waals surface area contributed by atoms with Crippen LogP contribution >= 0.6 is 11.3 Å². The first kappa shape index (κ1) is 14.0. The van der Waals surface area contributed by atoms with Crippen LogP contribution in [-0.4, -0.2) is 40.0 Å². The molecule has 0 saturated carbocycles. The van der Waals surface area contributed by atoms with Gasteiger partial charge in [0.05, 0.1) is 11.4 Å². The SMILES string of the molecule is CCN1CCCC1CNCc1c(C)nc2scc(C)n12. The number of aryl methyl sites for hydroxylation is 2. The smallest absolute Gasteiger partial charge is 0.194 e. The zero-order valence-corrected chi connectivity index (χ0v) is 13.5. The van der Waals surface area contributed by atoms with Crippen LogP contribution in [0.2, 0.25) is 0 Å². The van der Waals surface area contributed by atoms with Gasteiger partial charge in [-0.05, 0) is 39.8 Å². The molecule has 0 aromatic carbocycles. The molecule has 0 bridgehead atoms. The minimum atomic E-state index is 0.715. The van der Waals surface area contributed by atoms with E-state index in [2.05, 4.69) is 45.8 Å². The van der Waals surface area contributed by atoms with Gasteiger partial charge < -0.3 is 5.32 Å². The van der Waals surface area contributed by atoms with Gasteiger partial charge in [0.2, 0.25) is 0 Å². The second-order valence-electron chi connectivity index (χ2n) is 5.69. The number of likely N-dealkylation sites (tertiary alicyclic amines) is 1. The summed E-state index contributed by atoms with van der Waals surface area (Å²) in [5, 5.41) is 5.83. The number of fused-ring (bicyclic) bond motifs is 1. The Labute approximate surface area is 124 Å². The Balaban J connectivity index is 1.65. The molecule has 1 fully saturated rings. The van der Waals surface area contributed by atoms with Gasteiger partial charge in [-0.15, -0.1) is 11.3 Å². The first-order valence-corrected chi connectivity index (χ1v) is 8.45. The lowest BCUT2D eigenvalue weighted by molar-refractivity contribution is 0.259. The molecule has 0 aliphatic carbocycles. The number of thiazole rings is 1. The van der Waals surface area contributed by atoms with E-state index >= 15 is 0 Å². The van der Waals surface area contributed by atoms with Crippen LogP contribution in [0.15, 0.2) is 5.38 Å². The van der Waals surface area contributed by atoms with Crippen molar-refractivity contribution in [3.8, 4) is 0 Å². The number of aromatic nitrogens is 2. The molecule has 1 unspecified atom stereocenters. The van der Waals surface area contributed by atoms with Gasteiger partial charge in [0.15, 0.2) is 4.96 Å². The molecule has 0 radical (unpaired) electrons. The average molecular weight is 292 g/mol. The van der Waals surface area contributed by atoms with Crippen molar-refractivity contribution in [2.45, 2.75) is 46.2 Å². The van der Waals surface area contributed by atoms with E-state index in [-0.39, 0.29) is 0 Å². The average Bonchev–Trinajstić information content (AvgIpc) is 3.09. The van der Waals surface area contributed by atoms with Gasteiger partial charge in [0.1, 0.15) is 0 Å². The van der Waals surface area contributed by atoms with Crippen LogP contribution in [0.4, 0.5) is 0 Å². The van der Waals surface area contributed by atoms with Crippen LogP contribution in [0, 0.1) is 13.8 Å². The second kappa shape index (κ2) is 5.84. The summed E-state index contributed by atoms with van der Waals surface area (Å²) in [6.07, 6.45) is 2.68. The fraction of sp³-hybridized carbons (Fsp3) is 0.667. The van der Waals surface area contributed by atoms with Crippen molar-refractivity contribution in [3.63, 3.8) is 0 Å². The highest BCUT2D eigenvalue weighted by Crippen LogP contribution is 2.20. The molecule has 20 heavy (non-hydrogen) atoms. The normalized spacial score (nSPS) is 20.2. The van der Waals surface area contributed by atoms with E-state index in [1.54, 1.807) is 11.3 Å². The molecule has 3 heterocycles. The quantitative estimate of drug-likeness (QED) is 0.919. The van der Waals surface area contributed by atoms with Crippen molar-refractivity contribution in [1.82, 2.24) is 19.6 Å². The number of likely N-dealkylation sites (N-methyl/N-ethyl adjacent to an activating group) is 1. The van der Waals surface area contributed by atoms with Crippen molar-refractivity contribution in [1.29, 1.82) is 0 Å². The predicted octanol–water partition coefficient (Wildman–Crippen LogP) is 2.59. The van der Waals surface area contributed by atoms with Gasteiger partial charge in [-0.2, -0.15) is 0 Å². The van der Waals surface area contributed by atoms with Crippen LogP contribution < -0.4 is 5.32 Å². The van der Waals surface area contributed by atoms with Crippen molar-refractivity contribution < 1.29 is 0 Å². The van der Waals surface area contributed by atoms with Crippen molar-refractivity contribution >= 4 is 16.3 Å². The number of nitrogens with one attached hydrogen (secondary N) is 1. The molecule has 2 aromatic heterocycles. The molecule has 4 nitrogen and oxygen atoms in total. The van der Waals surface area contributed by atoms with E-state index in [1.165, 1.54) is 37.3 Å². The largest absolute Gasteiger partial charge is 0.310 e. The van der Waals surface area contributed by atoms with Crippen LogP contribution in [0.3, 0.4) is 0 Å². The molecule has 1 atom stereocenters. The third-order valence-corrected chi connectivity index (χ3v) is 5.35. The maximum atomic E-state index is 4.65. The Morgan fingerprint density at radius 3 is 3.10 bits per heavy atom. The molecule has 1 N–H and O–H groups in total. The maximum Gasteiger partial charge on any atom is 0.194 e. The highest BCUT2D eigenvalue weighted by molar-refractivity contribution is 7.15. The molecule has 3 rings (SSSR count). The van der Waals surface area contributed by atoms with Crippen molar-refractivity contribution in [2.24, 2.45) is 0 Å². The number of nitrogens with zero attached hydrogens (tertiary/aromatic N) is 3. The Bertz CT molecular complexity index is 586. The summed E-state index contributed by atoms with van der Waals surface area (Å²) < 4.78 is 2.29. The van der Waals surface area contributed by atoms with Crippen molar-refractivity contribution in [3.05, 3.63) is 22.5 Å². The Hall–Kier alpha value is -0.910.